The van der Waals surface area contributed by atoms with Crippen molar-refractivity contribution in [3.05, 3.63) is 65.2 Å². The minimum absolute atomic E-state index is 0.0231. The van der Waals surface area contributed by atoms with Crippen molar-refractivity contribution in [2.75, 3.05) is 32.8 Å². The van der Waals surface area contributed by atoms with Crippen molar-refractivity contribution in [1.29, 1.82) is 0 Å². The molecule has 1 aliphatic heterocycles. The van der Waals surface area contributed by atoms with Crippen LogP contribution < -0.4 is 4.74 Å². The Labute approximate surface area is 160 Å². The fraction of sp³-hybridized carbons (Fsp3) is 0.364. The number of hydrogen-bond donors (Lipinski definition) is 0. The predicted molar refractivity (Wildman–Crippen MR) is 105 cm³/mol. The summed E-state index contributed by atoms with van der Waals surface area (Å²) in [6.07, 6.45) is 0.772. The Morgan fingerprint density at radius 1 is 0.889 bits per heavy atom. The maximum atomic E-state index is 12.7. The number of ether oxygens (including phenoxy) is 1. The highest BCUT2D eigenvalue weighted by molar-refractivity contribution is 5.94. The largest absolute Gasteiger partial charge is 0.484 e. The summed E-state index contributed by atoms with van der Waals surface area (Å²) in [5.74, 6) is 0.694. The number of hydrogen-bond acceptors (Lipinski definition) is 3. The third-order valence-electron chi connectivity index (χ3n) is 4.75. The number of aryl methyl sites for hydroxylation is 2. The monoisotopic (exact) mass is 366 g/mol. The van der Waals surface area contributed by atoms with Crippen LogP contribution in [0.15, 0.2) is 48.5 Å². The fourth-order valence-corrected chi connectivity index (χ4v) is 3.27. The van der Waals surface area contributed by atoms with Crippen LogP contribution in [-0.4, -0.2) is 54.4 Å². The van der Waals surface area contributed by atoms with Crippen LogP contribution in [0.4, 0.5) is 0 Å². The van der Waals surface area contributed by atoms with Gasteiger partial charge >= 0.3 is 0 Å². The zero-order valence-corrected chi connectivity index (χ0v) is 16.0. The van der Waals surface area contributed by atoms with Crippen molar-refractivity contribution in [3.8, 4) is 5.75 Å². The zero-order chi connectivity index (χ0) is 19.2. The molecule has 1 heterocycles. The molecule has 2 aromatic carbocycles. The Morgan fingerprint density at radius 2 is 1.56 bits per heavy atom. The lowest BCUT2D eigenvalue weighted by Gasteiger charge is -2.22. The first kappa shape index (κ1) is 19.0. The molecule has 2 aromatic rings. The average molecular weight is 366 g/mol. The number of amides is 2. The summed E-state index contributed by atoms with van der Waals surface area (Å²) in [5, 5.41) is 0. The molecule has 1 saturated heterocycles. The van der Waals surface area contributed by atoms with Gasteiger partial charge in [-0.25, -0.2) is 0 Å². The van der Waals surface area contributed by atoms with Crippen LogP contribution in [0.3, 0.4) is 0 Å². The molecule has 0 aromatic heterocycles. The second-order valence-corrected chi connectivity index (χ2v) is 7.00. The van der Waals surface area contributed by atoms with Crippen molar-refractivity contribution in [2.45, 2.75) is 20.3 Å². The van der Waals surface area contributed by atoms with Crippen LogP contribution in [0, 0.1) is 13.8 Å². The van der Waals surface area contributed by atoms with Crippen molar-refractivity contribution >= 4 is 11.8 Å². The molecule has 3 rings (SSSR count). The standard InChI is InChI=1S/C22H26N2O3/c1-17-6-3-8-19(14-17)22(26)24-11-5-10-23(12-13-24)21(25)16-27-20-9-4-7-18(2)15-20/h3-4,6-9,14-15H,5,10-13,16H2,1-2H3. The maximum absolute atomic E-state index is 12.7. The van der Waals surface area contributed by atoms with Gasteiger partial charge in [0.25, 0.3) is 11.8 Å². The first-order chi connectivity index (χ1) is 13.0. The van der Waals surface area contributed by atoms with E-state index in [1.54, 1.807) is 4.90 Å². The van der Waals surface area contributed by atoms with Gasteiger partial charge in [-0.1, -0.05) is 29.8 Å². The topological polar surface area (TPSA) is 49.9 Å². The highest BCUT2D eigenvalue weighted by Gasteiger charge is 2.23. The van der Waals surface area contributed by atoms with Crippen LogP contribution >= 0.6 is 0 Å². The predicted octanol–water partition coefficient (Wildman–Crippen LogP) is 3.06. The molecular weight excluding hydrogens is 340 g/mol. The van der Waals surface area contributed by atoms with Crippen LogP contribution in [-0.2, 0) is 4.79 Å². The van der Waals surface area contributed by atoms with Crippen molar-refractivity contribution < 1.29 is 14.3 Å². The summed E-state index contributed by atoms with van der Waals surface area (Å²) in [7, 11) is 0. The molecule has 142 valence electrons. The van der Waals surface area contributed by atoms with Gasteiger partial charge in [-0.3, -0.25) is 9.59 Å². The van der Waals surface area contributed by atoms with E-state index in [0.717, 1.165) is 17.5 Å². The van der Waals surface area contributed by atoms with E-state index in [0.29, 0.717) is 37.5 Å². The van der Waals surface area contributed by atoms with Gasteiger partial charge in [-0.05, 0) is 50.1 Å². The third kappa shape index (κ3) is 5.09. The average Bonchev–Trinajstić information content (AvgIpc) is 2.92. The molecule has 0 aliphatic carbocycles. The molecule has 0 atom stereocenters. The molecule has 0 saturated carbocycles. The quantitative estimate of drug-likeness (QED) is 0.836. The first-order valence-electron chi connectivity index (χ1n) is 9.36. The summed E-state index contributed by atoms with van der Waals surface area (Å²) in [6.45, 7) is 6.38. The van der Waals surface area contributed by atoms with E-state index in [4.69, 9.17) is 4.74 Å². The molecule has 27 heavy (non-hydrogen) atoms. The zero-order valence-electron chi connectivity index (χ0n) is 16.0. The van der Waals surface area contributed by atoms with Gasteiger partial charge in [0.15, 0.2) is 6.61 Å². The van der Waals surface area contributed by atoms with Gasteiger partial charge in [0, 0.05) is 31.7 Å². The van der Waals surface area contributed by atoms with Gasteiger partial charge in [0.1, 0.15) is 5.75 Å². The van der Waals surface area contributed by atoms with Crippen molar-refractivity contribution in [1.82, 2.24) is 9.80 Å². The van der Waals surface area contributed by atoms with Crippen LogP contribution in [0.5, 0.6) is 5.75 Å². The molecule has 0 radical (unpaired) electrons. The summed E-state index contributed by atoms with van der Waals surface area (Å²) < 4.78 is 5.63. The van der Waals surface area contributed by atoms with Gasteiger partial charge in [0.05, 0.1) is 0 Å². The molecule has 1 fully saturated rings. The van der Waals surface area contributed by atoms with Crippen LogP contribution in [0.1, 0.15) is 27.9 Å². The van der Waals surface area contributed by atoms with E-state index in [9.17, 15) is 9.59 Å². The molecule has 0 unspecified atom stereocenters. The van der Waals surface area contributed by atoms with E-state index in [2.05, 4.69) is 0 Å². The molecule has 5 nitrogen and oxygen atoms in total. The minimum Gasteiger partial charge on any atom is -0.484 e. The fourth-order valence-electron chi connectivity index (χ4n) is 3.27. The third-order valence-corrected chi connectivity index (χ3v) is 4.75. The molecule has 0 spiro atoms. The van der Waals surface area contributed by atoms with Gasteiger partial charge in [-0.2, -0.15) is 0 Å². The Balaban J connectivity index is 1.54. The Hall–Kier alpha value is -2.82. The van der Waals surface area contributed by atoms with Gasteiger partial charge in [-0.15, -0.1) is 0 Å². The highest BCUT2D eigenvalue weighted by Crippen LogP contribution is 2.14. The first-order valence-corrected chi connectivity index (χ1v) is 9.36. The molecule has 0 bridgehead atoms. The molecule has 2 amide bonds. The number of nitrogens with zero attached hydrogens (tertiary/aromatic N) is 2. The number of carbonyl (C=O) groups excluding carboxylic acids is 2. The Morgan fingerprint density at radius 3 is 2.30 bits per heavy atom. The number of benzene rings is 2. The lowest BCUT2D eigenvalue weighted by molar-refractivity contribution is -0.133. The Kier molecular flexibility index (Phi) is 6.12. The van der Waals surface area contributed by atoms with E-state index in [1.165, 1.54) is 0 Å². The van der Waals surface area contributed by atoms with E-state index < -0.39 is 0 Å². The maximum Gasteiger partial charge on any atom is 0.260 e. The van der Waals surface area contributed by atoms with E-state index in [-0.39, 0.29) is 18.4 Å². The van der Waals surface area contributed by atoms with Gasteiger partial charge < -0.3 is 14.5 Å². The highest BCUT2D eigenvalue weighted by atomic mass is 16.5. The Bertz CT molecular complexity index is 819. The SMILES string of the molecule is Cc1cccc(OCC(=O)N2CCCN(C(=O)c3cccc(C)c3)CC2)c1. The second-order valence-electron chi connectivity index (χ2n) is 7.00. The van der Waals surface area contributed by atoms with E-state index >= 15 is 0 Å². The second kappa shape index (κ2) is 8.71. The normalized spacial score (nSPS) is 14.6. The van der Waals surface area contributed by atoms with Gasteiger partial charge in [0.2, 0.25) is 0 Å². The molecule has 0 N–H and O–H groups in total. The summed E-state index contributed by atoms with van der Waals surface area (Å²) in [4.78, 5) is 28.8. The lowest BCUT2D eigenvalue weighted by Crippen LogP contribution is -2.39. The molecule has 5 heteroatoms. The number of rotatable bonds is 4. The number of carbonyl (C=O) groups is 2. The summed E-state index contributed by atoms with van der Waals surface area (Å²) in [6, 6.07) is 15.3. The smallest absolute Gasteiger partial charge is 0.260 e. The molecular formula is C22H26N2O3. The van der Waals surface area contributed by atoms with Crippen LogP contribution in [0.2, 0.25) is 0 Å². The summed E-state index contributed by atoms with van der Waals surface area (Å²) >= 11 is 0. The van der Waals surface area contributed by atoms with Crippen LogP contribution in [0.25, 0.3) is 0 Å². The van der Waals surface area contributed by atoms with Crippen molar-refractivity contribution in [3.63, 3.8) is 0 Å². The van der Waals surface area contributed by atoms with Crippen molar-refractivity contribution in [2.24, 2.45) is 0 Å². The summed E-state index contributed by atoms with van der Waals surface area (Å²) in [5.41, 5.74) is 2.87. The minimum atomic E-state index is -0.0404. The lowest BCUT2D eigenvalue weighted by atomic mass is 10.1. The molecule has 1 aliphatic rings. The van der Waals surface area contributed by atoms with E-state index in [1.807, 2.05) is 67.3 Å².